The summed E-state index contributed by atoms with van der Waals surface area (Å²) in [6.07, 6.45) is 1.41. The second kappa shape index (κ2) is 8.61. The molecule has 0 aliphatic carbocycles. The fourth-order valence-corrected chi connectivity index (χ4v) is 3.05. The maximum atomic E-state index is 10.4. The molecule has 0 bridgehead atoms. The topological polar surface area (TPSA) is 47.9 Å². The number of rotatable bonds is 7. The van der Waals surface area contributed by atoms with Crippen molar-refractivity contribution in [2.45, 2.75) is 45.8 Å². The molecule has 0 radical (unpaired) electrons. The van der Waals surface area contributed by atoms with Gasteiger partial charge in [0, 0.05) is 18.5 Å². The Kier molecular flexibility index (Phi) is 7.49. The van der Waals surface area contributed by atoms with Crippen LogP contribution in [0.2, 0.25) is 4.34 Å². The number of halogens is 1. The van der Waals surface area contributed by atoms with E-state index in [2.05, 4.69) is 15.2 Å². The zero-order valence-corrected chi connectivity index (χ0v) is 14.9. The summed E-state index contributed by atoms with van der Waals surface area (Å²) in [5.41, 5.74) is -0.715. The van der Waals surface area contributed by atoms with Crippen LogP contribution in [-0.2, 0) is 6.54 Å². The van der Waals surface area contributed by atoms with E-state index in [0.29, 0.717) is 19.4 Å². The molecule has 120 valence electrons. The highest BCUT2D eigenvalue weighted by molar-refractivity contribution is 7.16. The van der Waals surface area contributed by atoms with Crippen molar-refractivity contribution in [3.8, 4) is 0 Å². The molecule has 4 nitrogen and oxygen atoms in total. The Hall–Kier alpha value is -0.780. The molecule has 1 rings (SSSR count). The lowest BCUT2D eigenvalue weighted by Gasteiger charge is -2.26. The van der Waals surface area contributed by atoms with E-state index in [1.807, 2.05) is 40.0 Å². The van der Waals surface area contributed by atoms with E-state index < -0.39 is 5.60 Å². The standard InChI is InChI=1S/C15H26ClN3OS/c1-5-15(20,6-2)11-18-14(17-7-3)19(4)10-12-8-9-13(16)21-12/h8-9,20H,5-7,10-11H2,1-4H3,(H,17,18). The third-order valence-corrected chi connectivity index (χ3v) is 4.77. The van der Waals surface area contributed by atoms with Crippen molar-refractivity contribution >= 4 is 28.9 Å². The van der Waals surface area contributed by atoms with Gasteiger partial charge in [-0.3, -0.25) is 4.99 Å². The Morgan fingerprint density at radius 2 is 2.05 bits per heavy atom. The van der Waals surface area contributed by atoms with Crippen molar-refractivity contribution in [3.05, 3.63) is 21.3 Å². The van der Waals surface area contributed by atoms with Crippen molar-refractivity contribution < 1.29 is 5.11 Å². The lowest BCUT2D eigenvalue weighted by atomic mass is 9.98. The van der Waals surface area contributed by atoms with Crippen LogP contribution in [0.4, 0.5) is 0 Å². The van der Waals surface area contributed by atoms with E-state index in [1.54, 1.807) is 11.3 Å². The zero-order chi connectivity index (χ0) is 15.9. The molecule has 1 aromatic rings. The minimum absolute atomic E-state index is 0.415. The van der Waals surface area contributed by atoms with Crippen LogP contribution >= 0.6 is 22.9 Å². The summed E-state index contributed by atoms with van der Waals surface area (Å²) in [6.45, 7) is 7.98. The van der Waals surface area contributed by atoms with Crippen LogP contribution in [0.15, 0.2) is 17.1 Å². The number of guanidine groups is 1. The Morgan fingerprint density at radius 3 is 2.52 bits per heavy atom. The summed E-state index contributed by atoms with van der Waals surface area (Å²) in [6, 6.07) is 3.94. The maximum Gasteiger partial charge on any atom is 0.194 e. The van der Waals surface area contributed by atoms with Crippen molar-refractivity contribution in [1.82, 2.24) is 10.2 Å². The maximum absolute atomic E-state index is 10.4. The fourth-order valence-electron chi connectivity index (χ4n) is 1.91. The predicted molar refractivity (Wildman–Crippen MR) is 92.3 cm³/mol. The van der Waals surface area contributed by atoms with Crippen LogP contribution < -0.4 is 5.32 Å². The molecular formula is C15H26ClN3OS. The molecule has 0 aliphatic heterocycles. The van der Waals surface area contributed by atoms with Gasteiger partial charge in [0.05, 0.1) is 23.0 Å². The van der Waals surface area contributed by atoms with E-state index in [4.69, 9.17) is 11.6 Å². The molecule has 1 aromatic heterocycles. The number of hydrogen-bond acceptors (Lipinski definition) is 3. The van der Waals surface area contributed by atoms with Crippen LogP contribution in [0.3, 0.4) is 0 Å². The van der Waals surface area contributed by atoms with Gasteiger partial charge in [-0.25, -0.2) is 0 Å². The van der Waals surface area contributed by atoms with Gasteiger partial charge >= 0.3 is 0 Å². The Morgan fingerprint density at radius 1 is 1.38 bits per heavy atom. The lowest BCUT2D eigenvalue weighted by molar-refractivity contribution is 0.0416. The van der Waals surface area contributed by atoms with Gasteiger partial charge < -0.3 is 15.3 Å². The molecule has 0 spiro atoms. The second-order valence-electron chi connectivity index (χ2n) is 5.16. The van der Waals surface area contributed by atoms with E-state index >= 15 is 0 Å². The van der Waals surface area contributed by atoms with Gasteiger partial charge in [0.1, 0.15) is 0 Å². The smallest absolute Gasteiger partial charge is 0.194 e. The average molecular weight is 332 g/mol. The first-order chi connectivity index (χ1) is 9.94. The van der Waals surface area contributed by atoms with Crippen molar-refractivity contribution in [2.24, 2.45) is 4.99 Å². The predicted octanol–water partition coefficient (Wildman–Crippen LogP) is 3.35. The summed E-state index contributed by atoms with van der Waals surface area (Å²) in [5, 5.41) is 13.6. The van der Waals surface area contributed by atoms with E-state index in [9.17, 15) is 5.11 Å². The second-order valence-corrected chi connectivity index (χ2v) is 6.96. The molecule has 0 saturated carbocycles. The minimum atomic E-state index is -0.715. The molecule has 0 fully saturated rings. The molecule has 21 heavy (non-hydrogen) atoms. The summed E-state index contributed by atoms with van der Waals surface area (Å²) >= 11 is 7.54. The molecule has 2 N–H and O–H groups in total. The number of aliphatic hydroxyl groups is 1. The van der Waals surface area contributed by atoms with Crippen LogP contribution in [0, 0.1) is 0 Å². The first-order valence-corrected chi connectivity index (χ1v) is 8.59. The molecule has 0 atom stereocenters. The number of aliphatic imine (C=N–C) groups is 1. The van der Waals surface area contributed by atoms with Crippen molar-refractivity contribution in [3.63, 3.8) is 0 Å². The SMILES string of the molecule is CCNC(=NCC(O)(CC)CC)N(C)Cc1ccc(Cl)s1. The first-order valence-electron chi connectivity index (χ1n) is 7.40. The zero-order valence-electron chi connectivity index (χ0n) is 13.3. The summed E-state index contributed by atoms with van der Waals surface area (Å²) in [7, 11) is 1.99. The van der Waals surface area contributed by atoms with E-state index in [-0.39, 0.29) is 0 Å². The molecular weight excluding hydrogens is 306 g/mol. The quantitative estimate of drug-likeness (QED) is 0.595. The third-order valence-electron chi connectivity index (χ3n) is 3.56. The Bertz CT molecular complexity index is 458. The minimum Gasteiger partial charge on any atom is -0.388 e. The monoisotopic (exact) mass is 331 g/mol. The van der Waals surface area contributed by atoms with Gasteiger partial charge in [-0.05, 0) is 31.9 Å². The highest BCUT2D eigenvalue weighted by Crippen LogP contribution is 2.22. The van der Waals surface area contributed by atoms with Crippen LogP contribution in [0.25, 0.3) is 0 Å². The number of hydrogen-bond donors (Lipinski definition) is 2. The van der Waals surface area contributed by atoms with Gasteiger partial charge in [0.15, 0.2) is 5.96 Å². The molecule has 0 saturated heterocycles. The van der Waals surface area contributed by atoms with Gasteiger partial charge in [0.25, 0.3) is 0 Å². The molecule has 0 amide bonds. The van der Waals surface area contributed by atoms with Gasteiger partial charge in [-0.2, -0.15) is 0 Å². The largest absolute Gasteiger partial charge is 0.388 e. The first kappa shape index (κ1) is 18.3. The van der Waals surface area contributed by atoms with Gasteiger partial charge in [0.2, 0.25) is 0 Å². The molecule has 0 aromatic carbocycles. The van der Waals surface area contributed by atoms with Gasteiger partial charge in [-0.1, -0.05) is 25.4 Å². The fraction of sp³-hybridized carbons (Fsp3) is 0.667. The van der Waals surface area contributed by atoms with Crippen LogP contribution in [0.5, 0.6) is 0 Å². The molecule has 1 heterocycles. The molecule has 0 unspecified atom stereocenters. The van der Waals surface area contributed by atoms with E-state index in [0.717, 1.165) is 23.4 Å². The molecule has 0 aliphatic rings. The summed E-state index contributed by atoms with van der Waals surface area (Å²) in [4.78, 5) is 7.83. The summed E-state index contributed by atoms with van der Waals surface area (Å²) in [5.74, 6) is 0.808. The van der Waals surface area contributed by atoms with E-state index in [1.165, 1.54) is 4.88 Å². The average Bonchev–Trinajstić information content (AvgIpc) is 2.88. The number of thiophene rings is 1. The number of nitrogens with zero attached hydrogens (tertiary/aromatic N) is 2. The van der Waals surface area contributed by atoms with Crippen molar-refractivity contribution in [1.29, 1.82) is 0 Å². The normalized spacial score (nSPS) is 12.6. The number of nitrogens with one attached hydrogen (secondary N) is 1. The Balaban J connectivity index is 2.74. The summed E-state index contributed by atoms with van der Waals surface area (Å²) < 4.78 is 0.798. The Labute approximate surface area is 136 Å². The van der Waals surface area contributed by atoms with Crippen LogP contribution in [-0.4, -0.2) is 41.7 Å². The molecule has 6 heteroatoms. The van der Waals surface area contributed by atoms with Gasteiger partial charge in [-0.15, -0.1) is 11.3 Å². The lowest BCUT2D eigenvalue weighted by Crippen LogP contribution is -2.40. The third kappa shape index (κ3) is 5.85. The highest BCUT2D eigenvalue weighted by Gasteiger charge is 2.22. The highest BCUT2D eigenvalue weighted by atomic mass is 35.5. The van der Waals surface area contributed by atoms with Crippen molar-refractivity contribution in [2.75, 3.05) is 20.1 Å². The van der Waals surface area contributed by atoms with Crippen LogP contribution in [0.1, 0.15) is 38.5 Å².